The van der Waals surface area contributed by atoms with Gasteiger partial charge in [-0.15, -0.1) is 10.2 Å². The lowest BCUT2D eigenvalue weighted by Crippen LogP contribution is -2.19. The molecule has 18 heavy (non-hydrogen) atoms. The number of aromatic amines is 1. The summed E-state index contributed by atoms with van der Waals surface area (Å²) in [4.78, 5) is 11.5. The minimum atomic E-state index is -0.199. The third-order valence-corrected chi connectivity index (χ3v) is 3.41. The summed E-state index contributed by atoms with van der Waals surface area (Å²) in [5.74, 6) is 0.585. The van der Waals surface area contributed by atoms with E-state index in [1.165, 1.54) is 11.8 Å². The average molecular weight is 286 g/mol. The zero-order valence-corrected chi connectivity index (χ0v) is 11.5. The van der Waals surface area contributed by atoms with Gasteiger partial charge in [-0.05, 0) is 26.0 Å². The van der Waals surface area contributed by atoms with Crippen molar-refractivity contribution in [3.63, 3.8) is 0 Å². The largest absolute Gasteiger partial charge is 0.344 e. The number of H-pyrrole nitrogens is 1. The van der Waals surface area contributed by atoms with Crippen LogP contribution in [0.4, 0.5) is 0 Å². The number of halogens is 1. The van der Waals surface area contributed by atoms with Crippen LogP contribution in [0.25, 0.3) is 0 Å². The molecular weight excluding hydrogens is 274 g/mol. The Morgan fingerprint density at radius 2 is 2.22 bits per heavy atom. The van der Waals surface area contributed by atoms with Crippen molar-refractivity contribution in [3.8, 4) is 0 Å². The molecular formula is C10H12ClN5OS. The minimum Gasteiger partial charge on any atom is -0.268 e. The van der Waals surface area contributed by atoms with Crippen molar-refractivity contribution in [2.45, 2.75) is 30.8 Å². The summed E-state index contributed by atoms with van der Waals surface area (Å²) >= 11 is 7.09. The van der Waals surface area contributed by atoms with Crippen LogP contribution in [0.15, 0.2) is 22.1 Å². The van der Waals surface area contributed by atoms with Gasteiger partial charge in [-0.1, -0.05) is 23.4 Å². The fourth-order valence-electron chi connectivity index (χ4n) is 1.41. The highest BCUT2D eigenvalue weighted by Crippen LogP contribution is 2.20. The van der Waals surface area contributed by atoms with Crippen LogP contribution in [0.2, 0.25) is 5.15 Å². The monoisotopic (exact) mass is 285 g/mol. The standard InChI is InChI=1S/C10H12ClN5OS/c1-6(2)16-9(17)14-15-10(16)18-5-7-3-4-8(11)13-12-7/h3-4,6H,5H2,1-2H3,(H,14,17). The SMILES string of the molecule is CC(C)n1c(SCc2ccc(Cl)nn2)n[nH]c1=O. The van der Waals surface area contributed by atoms with E-state index in [0.29, 0.717) is 16.1 Å². The molecule has 0 fully saturated rings. The maximum absolute atomic E-state index is 11.5. The Morgan fingerprint density at radius 3 is 2.83 bits per heavy atom. The van der Waals surface area contributed by atoms with Crippen molar-refractivity contribution in [3.05, 3.63) is 33.5 Å². The van der Waals surface area contributed by atoms with Crippen LogP contribution in [0, 0.1) is 0 Å². The minimum absolute atomic E-state index is 0.0649. The zero-order valence-electron chi connectivity index (χ0n) is 9.92. The fourth-order valence-corrected chi connectivity index (χ4v) is 2.48. The van der Waals surface area contributed by atoms with Crippen molar-refractivity contribution < 1.29 is 0 Å². The van der Waals surface area contributed by atoms with Gasteiger partial charge in [0.1, 0.15) is 0 Å². The molecule has 8 heteroatoms. The Labute approximate surface area is 113 Å². The molecule has 2 aromatic rings. The molecule has 0 aliphatic rings. The molecule has 0 saturated heterocycles. The molecule has 96 valence electrons. The topological polar surface area (TPSA) is 76.5 Å². The molecule has 0 spiro atoms. The molecule has 2 heterocycles. The molecule has 0 unspecified atom stereocenters. The Morgan fingerprint density at radius 1 is 1.44 bits per heavy atom. The highest BCUT2D eigenvalue weighted by molar-refractivity contribution is 7.98. The van der Waals surface area contributed by atoms with E-state index in [9.17, 15) is 4.79 Å². The zero-order chi connectivity index (χ0) is 13.1. The third kappa shape index (κ3) is 2.91. The first-order valence-electron chi connectivity index (χ1n) is 5.35. The van der Waals surface area contributed by atoms with E-state index < -0.39 is 0 Å². The van der Waals surface area contributed by atoms with Crippen LogP contribution in [0.5, 0.6) is 0 Å². The molecule has 0 aliphatic heterocycles. The van der Waals surface area contributed by atoms with Gasteiger partial charge in [0.25, 0.3) is 0 Å². The number of hydrogen-bond donors (Lipinski definition) is 1. The normalized spacial score (nSPS) is 11.1. The van der Waals surface area contributed by atoms with Gasteiger partial charge >= 0.3 is 5.69 Å². The van der Waals surface area contributed by atoms with Gasteiger partial charge in [0.15, 0.2) is 10.3 Å². The summed E-state index contributed by atoms with van der Waals surface area (Å²) in [6.07, 6.45) is 0. The molecule has 6 nitrogen and oxygen atoms in total. The van der Waals surface area contributed by atoms with E-state index in [-0.39, 0.29) is 11.7 Å². The summed E-state index contributed by atoms with van der Waals surface area (Å²) in [6, 6.07) is 3.55. The Hall–Kier alpha value is -1.34. The lowest BCUT2D eigenvalue weighted by atomic mass is 10.4. The van der Waals surface area contributed by atoms with Crippen LogP contribution in [-0.2, 0) is 5.75 Å². The maximum atomic E-state index is 11.5. The second kappa shape index (κ2) is 5.53. The van der Waals surface area contributed by atoms with Gasteiger partial charge in [0, 0.05) is 11.8 Å². The van der Waals surface area contributed by atoms with E-state index in [2.05, 4.69) is 20.4 Å². The number of thioether (sulfide) groups is 1. The van der Waals surface area contributed by atoms with Crippen molar-refractivity contribution in [2.24, 2.45) is 0 Å². The molecule has 1 N–H and O–H groups in total. The van der Waals surface area contributed by atoms with E-state index in [0.717, 1.165) is 5.69 Å². The molecule has 0 atom stereocenters. The molecule has 2 rings (SSSR count). The van der Waals surface area contributed by atoms with Crippen LogP contribution < -0.4 is 5.69 Å². The Kier molecular flexibility index (Phi) is 4.03. The summed E-state index contributed by atoms with van der Waals surface area (Å²) in [6.45, 7) is 3.87. The van der Waals surface area contributed by atoms with Gasteiger partial charge in [-0.2, -0.15) is 5.10 Å². The Balaban J connectivity index is 2.11. The smallest absolute Gasteiger partial charge is 0.268 e. The van der Waals surface area contributed by atoms with Crippen molar-refractivity contribution in [1.82, 2.24) is 25.0 Å². The van der Waals surface area contributed by atoms with Crippen molar-refractivity contribution in [2.75, 3.05) is 0 Å². The van der Waals surface area contributed by atoms with Gasteiger partial charge in [-0.3, -0.25) is 4.57 Å². The van der Waals surface area contributed by atoms with E-state index in [4.69, 9.17) is 11.6 Å². The predicted octanol–water partition coefficient (Wildman–Crippen LogP) is 1.89. The molecule has 2 aromatic heterocycles. The maximum Gasteiger partial charge on any atom is 0.344 e. The first-order chi connectivity index (χ1) is 8.58. The average Bonchev–Trinajstić information content (AvgIpc) is 2.70. The predicted molar refractivity (Wildman–Crippen MR) is 69.8 cm³/mol. The number of rotatable bonds is 4. The van der Waals surface area contributed by atoms with Crippen LogP contribution in [0.3, 0.4) is 0 Å². The van der Waals surface area contributed by atoms with Crippen molar-refractivity contribution >= 4 is 23.4 Å². The third-order valence-electron chi connectivity index (χ3n) is 2.22. The number of aromatic nitrogens is 5. The number of nitrogens with zero attached hydrogens (tertiary/aromatic N) is 4. The summed E-state index contributed by atoms with van der Waals surface area (Å²) in [5, 5.41) is 15.1. The van der Waals surface area contributed by atoms with Crippen LogP contribution >= 0.6 is 23.4 Å². The lowest BCUT2D eigenvalue weighted by Gasteiger charge is -2.07. The molecule has 0 saturated carbocycles. The molecule has 0 aliphatic carbocycles. The summed E-state index contributed by atoms with van der Waals surface area (Å²) in [5.41, 5.74) is 0.588. The van der Waals surface area contributed by atoms with Gasteiger partial charge < -0.3 is 0 Å². The first kappa shape index (κ1) is 13.1. The molecule has 0 radical (unpaired) electrons. The van der Waals surface area contributed by atoms with Crippen LogP contribution in [0.1, 0.15) is 25.6 Å². The highest BCUT2D eigenvalue weighted by atomic mass is 35.5. The van der Waals surface area contributed by atoms with Crippen LogP contribution in [-0.4, -0.2) is 25.0 Å². The molecule has 0 bridgehead atoms. The first-order valence-corrected chi connectivity index (χ1v) is 6.72. The number of nitrogens with one attached hydrogen (secondary N) is 1. The van der Waals surface area contributed by atoms with Gasteiger partial charge in [0.2, 0.25) is 0 Å². The fraction of sp³-hybridized carbons (Fsp3) is 0.400. The summed E-state index contributed by atoms with van der Waals surface area (Å²) in [7, 11) is 0. The van der Waals surface area contributed by atoms with E-state index >= 15 is 0 Å². The Bertz CT molecular complexity index is 577. The molecule has 0 amide bonds. The van der Waals surface area contributed by atoms with Crippen molar-refractivity contribution in [1.29, 1.82) is 0 Å². The lowest BCUT2D eigenvalue weighted by molar-refractivity contribution is 0.534. The molecule has 0 aromatic carbocycles. The number of hydrogen-bond acceptors (Lipinski definition) is 5. The second-order valence-corrected chi connectivity index (χ2v) is 5.24. The quantitative estimate of drug-likeness (QED) is 0.868. The van der Waals surface area contributed by atoms with Gasteiger partial charge in [0.05, 0.1) is 5.69 Å². The van der Waals surface area contributed by atoms with Gasteiger partial charge in [-0.25, -0.2) is 9.89 Å². The second-order valence-electron chi connectivity index (χ2n) is 3.91. The summed E-state index contributed by atoms with van der Waals surface area (Å²) < 4.78 is 1.61. The highest BCUT2D eigenvalue weighted by Gasteiger charge is 2.12. The van der Waals surface area contributed by atoms with E-state index in [1.807, 2.05) is 13.8 Å². The van der Waals surface area contributed by atoms with E-state index in [1.54, 1.807) is 16.7 Å².